The van der Waals surface area contributed by atoms with Gasteiger partial charge in [0.15, 0.2) is 11.3 Å². The zero-order chi connectivity index (χ0) is 24.2. The normalized spacial score (nSPS) is 24.2. The molecule has 7 nitrogen and oxygen atoms in total. The smallest absolute Gasteiger partial charge is 0.396 e. The Labute approximate surface area is 199 Å². The van der Waals surface area contributed by atoms with Crippen molar-refractivity contribution >= 4 is 29.1 Å². The van der Waals surface area contributed by atoms with Crippen LogP contribution in [0.4, 0.5) is 13.2 Å². The molecular weight excluding hydrogens is 473 g/mol. The van der Waals surface area contributed by atoms with Crippen molar-refractivity contribution in [2.75, 3.05) is 26.2 Å². The van der Waals surface area contributed by atoms with E-state index in [0.717, 1.165) is 49.0 Å². The number of amides is 2. The molecule has 1 aliphatic heterocycles. The molecule has 34 heavy (non-hydrogen) atoms. The summed E-state index contributed by atoms with van der Waals surface area (Å²) in [6, 6.07) is 1.18. The molecule has 0 bridgehead atoms. The molecule has 3 heterocycles. The Morgan fingerprint density at radius 1 is 1.15 bits per heavy atom. The number of fused-ring (bicyclic) bond motifs is 1. The van der Waals surface area contributed by atoms with Gasteiger partial charge in [0.2, 0.25) is 5.91 Å². The van der Waals surface area contributed by atoms with Gasteiger partial charge in [-0.3, -0.25) is 14.0 Å². The van der Waals surface area contributed by atoms with Crippen LogP contribution in [0.3, 0.4) is 0 Å². The molecule has 5 rings (SSSR count). The van der Waals surface area contributed by atoms with Crippen LogP contribution < -0.4 is 0 Å². The molecule has 0 atom stereocenters. The fraction of sp³-hybridized carbons (Fsp3) is 0.609. The van der Waals surface area contributed by atoms with E-state index < -0.39 is 23.3 Å². The lowest BCUT2D eigenvalue weighted by atomic mass is 9.85. The van der Waals surface area contributed by atoms with Crippen LogP contribution in [-0.4, -0.2) is 68.4 Å². The maximum absolute atomic E-state index is 13.7. The summed E-state index contributed by atoms with van der Waals surface area (Å²) in [6.07, 6.45) is 1.85. The first kappa shape index (κ1) is 23.4. The maximum Gasteiger partial charge on any atom is 0.419 e. The van der Waals surface area contributed by atoms with E-state index in [4.69, 9.17) is 11.6 Å². The van der Waals surface area contributed by atoms with Gasteiger partial charge < -0.3 is 14.9 Å². The third-order valence-corrected chi connectivity index (χ3v) is 7.66. The summed E-state index contributed by atoms with van der Waals surface area (Å²) in [5, 5.41) is 9.14. The van der Waals surface area contributed by atoms with E-state index in [2.05, 4.69) is 4.98 Å². The predicted octanol–water partition coefficient (Wildman–Crippen LogP) is 3.72. The Bertz CT molecular complexity index is 1120. The molecule has 0 spiro atoms. The molecule has 3 fully saturated rings. The first-order valence-electron chi connectivity index (χ1n) is 11.7. The van der Waals surface area contributed by atoms with Gasteiger partial charge in [0.1, 0.15) is 11.7 Å². The quantitative estimate of drug-likeness (QED) is 0.697. The van der Waals surface area contributed by atoms with Crippen LogP contribution in [0.5, 0.6) is 0 Å². The van der Waals surface area contributed by atoms with Crippen LogP contribution in [0.25, 0.3) is 5.65 Å². The van der Waals surface area contributed by atoms with E-state index >= 15 is 0 Å². The number of hydrogen-bond acceptors (Lipinski definition) is 4. The van der Waals surface area contributed by atoms with Crippen molar-refractivity contribution in [3.05, 3.63) is 34.2 Å². The molecule has 2 aromatic heterocycles. The Morgan fingerprint density at radius 3 is 2.44 bits per heavy atom. The van der Waals surface area contributed by atoms with Gasteiger partial charge in [0, 0.05) is 31.9 Å². The molecule has 2 saturated carbocycles. The summed E-state index contributed by atoms with van der Waals surface area (Å²) in [6.45, 7) is 0.598. The van der Waals surface area contributed by atoms with Gasteiger partial charge in [-0.1, -0.05) is 11.6 Å². The molecular formula is C23H26ClF3N4O3. The first-order valence-corrected chi connectivity index (χ1v) is 12.0. The summed E-state index contributed by atoms with van der Waals surface area (Å²) in [5.74, 6) is -0.514. The number of aliphatic hydroxyl groups excluding tert-OH is 1. The number of carbonyl (C=O) groups excluding carboxylic acids is 2. The van der Waals surface area contributed by atoms with Gasteiger partial charge in [-0.15, -0.1) is 0 Å². The van der Waals surface area contributed by atoms with Crippen molar-refractivity contribution in [1.82, 2.24) is 19.2 Å². The van der Waals surface area contributed by atoms with E-state index in [1.807, 2.05) is 0 Å². The molecule has 11 heteroatoms. The van der Waals surface area contributed by atoms with Gasteiger partial charge in [0.25, 0.3) is 5.91 Å². The van der Waals surface area contributed by atoms with Gasteiger partial charge in [-0.05, 0) is 62.0 Å². The standard InChI is InChI=1S/C23H26ClF3N4O3/c24-20-19(28-21-17(23(25,26)27)9-15(10-31(20)21)14-3-4-14)22(34)29-7-8-30(18(33)11-29)16-5-1-13(12-32)2-6-16/h9-10,13-14,16,32H,1-8,11-12H2. The fourth-order valence-electron chi connectivity index (χ4n) is 5.16. The van der Waals surface area contributed by atoms with Crippen molar-refractivity contribution in [3.8, 4) is 0 Å². The summed E-state index contributed by atoms with van der Waals surface area (Å²) < 4.78 is 42.4. The highest BCUT2D eigenvalue weighted by Gasteiger charge is 2.39. The Hall–Kier alpha value is -2.33. The second-order valence-electron chi connectivity index (χ2n) is 9.57. The molecule has 0 aromatic carbocycles. The SMILES string of the molecule is O=C(c1nc2c(C(F)(F)F)cc(C3CC3)cn2c1Cl)N1CCN(C2CCC(CO)CC2)C(=O)C1. The fourth-order valence-corrected chi connectivity index (χ4v) is 5.41. The van der Waals surface area contributed by atoms with Gasteiger partial charge >= 0.3 is 6.18 Å². The highest BCUT2D eigenvalue weighted by atomic mass is 35.5. The summed E-state index contributed by atoms with van der Waals surface area (Å²) >= 11 is 6.37. The zero-order valence-corrected chi connectivity index (χ0v) is 19.3. The third kappa shape index (κ3) is 4.26. The molecule has 0 radical (unpaired) electrons. The lowest BCUT2D eigenvalue weighted by molar-refractivity contribution is -0.138. The van der Waals surface area contributed by atoms with Gasteiger partial charge in [-0.2, -0.15) is 13.2 Å². The Morgan fingerprint density at radius 2 is 1.85 bits per heavy atom. The van der Waals surface area contributed by atoms with Crippen LogP contribution in [0.2, 0.25) is 5.15 Å². The van der Waals surface area contributed by atoms with E-state index in [1.165, 1.54) is 11.1 Å². The number of aliphatic hydroxyl groups is 1. The zero-order valence-electron chi connectivity index (χ0n) is 18.5. The maximum atomic E-state index is 13.7. The van der Waals surface area contributed by atoms with Crippen molar-refractivity contribution in [3.63, 3.8) is 0 Å². The monoisotopic (exact) mass is 498 g/mol. The largest absolute Gasteiger partial charge is 0.419 e. The van der Waals surface area contributed by atoms with Crippen LogP contribution in [0.1, 0.15) is 66.1 Å². The Balaban J connectivity index is 1.37. The summed E-state index contributed by atoms with van der Waals surface area (Å²) in [7, 11) is 0. The minimum atomic E-state index is -4.64. The number of aromatic nitrogens is 2. The molecule has 1 saturated heterocycles. The number of pyridine rings is 1. The van der Waals surface area contributed by atoms with Crippen molar-refractivity contribution in [1.29, 1.82) is 0 Å². The minimum absolute atomic E-state index is 0.0567. The number of imidazole rings is 1. The molecule has 2 amide bonds. The van der Waals surface area contributed by atoms with E-state index in [-0.39, 0.29) is 54.3 Å². The molecule has 2 aromatic rings. The van der Waals surface area contributed by atoms with Crippen LogP contribution >= 0.6 is 11.6 Å². The van der Waals surface area contributed by atoms with E-state index in [0.29, 0.717) is 12.1 Å². The molecule has 1 N–H and O–H groups in total. The second kappa shape index (κ2) is 8.71. The number of nitrogens with zero attached hydrogens (tertiary/aromatic N) is 4. The van der Waals surface area contributed by atoms with Crippen LogP contribution in [0.15, 0.2) is 12.3 Å². The minimum Gasteiger partial charge on any atom is -0.396 e. The lowest BCUT2D eigenvalue weighted by Crippen LogP contribution is -2.56. The van der Waals surface area contributed by atoms with Crippen molar-refractivity contribution in [2.45, 2.75) is 56.7 Å². The highest BCUT2D eigenvalue weighted by molar-refractivity contribution is 6.33. The number of rotatable bonds is 4. The number of carbonyl (C=O) groups is 2. The average molecular weight is 499 g/mol. The first-order chi connectivity index (χ1) is 16.2. The third-order valence-electron chi connectivity index (χ3n) is 7.30. The van der Waals surface area contributed by atoms with Crippen molar-refractivity contribution < 1.29 is 27.9 Å². The van der Waals surface area contributed by atoms with E-state index in [1.54, 1.807) is 4.90 Å². The van der Waals surface area contributed by atoms with Gasteiger partial charge in [0.05, 0.1) is 5.56 Å². The average Bonchev–Trinajstić information content (AvgIpc) is 3.61. The molecule has 0 unspecified atom stereocenters. The molecule has 2 aliphatic carbocycles. The molecule has 3 aliphatic rings. The van der Waals surface area contributed by atoms with E-state index in [9.17, 15) is 27.9 Å². The number of piperazine rings is 1. The van der Waals surface area contributed by atoms with Gasteiger partial charge in [-0.25, -0.2) is 4.98 Å². The Kier molecular flexibility index (Phi) is 6.00. The number of halogens is 4. The predicted molar refractivity (Wildman–Crippen MR) is 118 cm³/mol. The molecule has 184 valence electrons. The van der Waals surface area contributed by atoms with Crippen molar-refractivity contribution in [2.24, 2.45) is 5.92 Å². The number of alkyl halides is 3. The highest BCUT2D eigenvalue weighted by Crippen LogP contribution is 2.43. The number of hydrogen-bond donors (Lipinski definition) is 1. The summed E-state index contributed by atoms with van der Waals surface area (Å²) in [4.78, 5) is 33.1. The van der Waals surface area contributed by atoms with Crippen LogP contribution in [0, 0.1) is 5.92 Å². The lowest BCUT2D eigenvalue weighted by Gasteiger charge is -2.41. The second-order valence-corrected chi connectivity index (χ2v) is 9.93. The van der Waals surface area contributed by atoms with Crippen LogP contribution in [-0.2, 0) is 11.0 Å². The summed E-state index contributed by atoms with van der Waals surface area (Å²) in [5.41, 5.74) is -1.07. The topological polar surface area (TPSA) is 78.2 Å².